The predicted octanol–water partition coefficient (Wildman–Crippen LogP) is 2.87. The van der Waals surface area contributed by atoms with E-state index in [2.05, 4.69) is 10.3 Å². The lowest BCUT2D eigenvalue weighted by Crippen LogP contribution is -2.13. The number of anilines is 1. The average molecular weight is 369 g/mol. The molecule has 8 nitrogen and oxygen atoms in total. The molecular formula is C14H15N3O5S2. The van der Waals surface area contributed by atoms with E-state index in [1.807, 2.05) is 13.8 Å². The molecule has 0 aliphatic carbocycles. The highest BCUT2D eigenvalue weighted by atomic mass is 32.2. The third kappa shape index (κ3) is 4.15. The quantitative estimate of drug-likeness (QED) is 0.617. The van der Waals surface area contributed by atoms with Crippen LogP contribution in [0.5, 0.6) is 0 Å². The van der Waals surface area contributed by atoms with Crippen molar-refractivity contribution in [2.24, 2.45) is 5.92 Å². The van der Waals surface area contributed by atoms with Gasteiger partial charge in [-0.15, -0.1) is 0 Å². The molecule has 2 aromatic rings. The fraction of sp³-hybridized carbons (Fsp3) is 0.286. The summed E-state index contributed by atoms with van der Waals surface area (Å²) in [5, 5.41) is 13.4. The van der Waals surface area contributed by atoms with Gasteiger partial charge in [-0.25, -0.2) is 13.4 Å². The molecule has 10 heteroatoms. The molecule has 0 fully saturated rings. The minimum atomic E-state index is -3.84. The molecule has 0 atom stereocenters. The summed E-state index contributed by atoms with van der Waals surface area (Å²) < 4.78 is 24.9. The van der Waals surface area contributed by atoms with Gasteiger partial charge in [0, 0.05) is 18.6 Å². The van der Waals surface area contributed by atoms with Crippen LogP contribution in [0.2, 0.25) is 0 Å². The Kier molecular flexibility index (Phi) is 5.30. The number of aromatic nitrogens is 1. The third-order valence-electron chi connectivity index (χ3n) is 2.95. The zero-order valence-electron chi connectivity index (χ0n) is 12.9. The number of nitrogens with one attached hydrogen (secondary N) is 1. The van der Waals surface area contributed by atoms with Crippen molar-refractivity contribution in [3.63, 3.8) is 0 Å². The molecule has 24 heavy (non-hydrogen) atoms. The summed E-state index contributed by atoms with van der Waals surface area (Å²) >= 11 is 0.836. The van der Waals surface area contributed by atoms with Crippen LogP contribution in [0.3, 0.4) is 0 Å². The van der Waals surface area contributed by atoms with Crippen LogP contribution in [0.1, 0.15) is 20.3 Å². The van der Waals surface area contributed by atoms with Crippen LogP contribution in [-0.4, -0.2) is 24.2 Å². The van der Waals surface area contributed by atoms with Crippen LogP contribution >= 0.6 is 11.3 Å². The number of nitrogens with zero attached hydrogens (tertiary/aromatic N) is 2. The van der Waals surface area contributed by atoms with Gasteiger partial charge in [0.15, 0.2) is 5.13 Å². The standard InChI is InChI=1S/C14H15N3O5S2/c1-9(2)7-12(18)16-14-15-8-13(23-14)24(21,22)11-5-3-10(4-6-11)17(19)20/h3-6,8-9H,7H2,1-2H3,(H,15,16,18). The zero-order chi connectivity index (χ0) is 17.9. The minimum Gasteiger partial charge on any atom is -0.302 e. The van der Waals surface area contributed by atoms with Crippen molar-refractivity contribution in [2.75, 3.05) is 5.32 Å². The number of thiazole rings is 1. The number of nitro benzene ring substituents is 1. The molecule has 1 aromatic carbocycles. The lowest BCUT2D eigenvalue weighted by atomic mass is 10.1. The van der Waals surface area contributed by atoms with Crippen LogP contribution in [0.25, 0.3) is 0 Å². The number of hydrogen-bond donors (Lipinski definition) is 1. The highest BCUT2D eigenvalue weighted by Gasteiger charge is 2.22. The predicted molar refractivity (Wildman–Crippen MR) is 88.7 cm³/mol. The van der Waals surface area contributed by atoms with Gasteiger partial charge in [0.05, 0.1) is 16.0 Å². The van der Waals surface area contributed by atoms with Crippen molar-refractivity contribution in [1.29, 1.82) is 0 Å². The molecule has 0 spiro atoms. The van der Waals surface area contributed by atoms with Crippen LogP contribution < -0.4 is 5.32 Å². The van der Waals surface area contributed by atoms with E-state index in [-0.39, 0.29) is 31.7 Å². The molecule has 1 amide bonds. The number of amides is 1. The summed E-state index contributed by atoms with van der Waals surface area (Å²) in [5.74, 6) is -0.0630. The summed E-state index contributed by atoms with van der Waals surface area (Å²) in [6.07, 6.45) is 1.47. The highest BCUT2D eigenvalue weighted by Crippen LogP contribution is 2.29. The van der Waals surface area contributed by atoms with Crippen LogP contribution in [0.15, 0.2) is 39.6 Å². The topological polar surface area (TPSA) is 119 Å². The van der Waals surface area contributed by atoms with Crippen molar-refractivity contribution in [1.82, 2.24) is 4.98 Å². The highest BCUT2D eigenvalue weighted by molar-refractivity contribution is 7.93. The van der Waals surface area contributed by atoms with E-state index in [0.717, 1.165) is 29.7 Å². The molecule has 0 aliphatic rings. The number of hydrogen-bond acceptors (Lipinski definition) is 7. The van der Waals surface area contributed by atoms with Crippen molar-refractivity contribution in [3.8, 4) is 0 Å². The zero-order valence-corrected chi connectivity index (χ0v) is 14.6. The summed E-state index contributed by atoms with van der Waals surface area (Å²) in [6, 6.07) is 4.59. The Balaban J connectivity index is 2.21. The maximum Gasteiger partial charge on any atom is 0.269 e. The Morgan fingerprint density at radius 2 is 1.96 bits per heavy atom. The fourth-order valence-corrected chi connectivity index (χ4v) is 4.29. The SMILES string of the molecule is CC(C)CC(=O)Nc1ncc(S(=O)(=O)c2ccc([N+](=O)[O-])cc2)s1. The Hall–Kier alpha value is -2.33. The Labute approximate surface area is 142 Å². The number of sulfone groups is 1. The van der Waals surface area contributed by atoms with Gasteiger partial charge < -0.3 is 5.32 Å². The number of benzene rings is 1. The van der Waals surface area contributed by atoms with E-state index >= 15 is 0 Å². The average Bonchev–Trinajstić information content (AvgIpc) is 2.95. The summed E-state index contributed by atoms with van der Waals surface area (Å²) in [6.45, 7) is 3.79. The van der Waals surface area contributed by atoms with Gasteiger partial charge in [0.25, 0.3) is 5.69 Å². The summed E-state index contributed by atoms with van der Waals surface area (Å²) in [4.78, 5) is 25.5. The first kappa shape index (κ1) is 18.0. The van der Waals surface area contributed by atoms with Crippen molar-refractivity contribution < 1.29 is 18.1 Å². The summed E-state index contributed by atoms with van der Waals surface area (Å²) in [7, 11) is -3.84. The largest absolute Gasteiger partial charge is 0.302 e. The summed E-state index contributed by atoms with van der Waals surface area (Å²) in [5.41, 5.74) is -0.195. The van der Waals surface area contributed by atoms with Gasteiger partial charge in [-0.2, -0.15) is 0 Å². The lowest BCUT2D eigenvalue weighted by Gasteiger charge is -2.03. The van der Waals surface area contributed by atoms with E-state index in [1.165, 1.54) is 12.1 Å². The Morgan fingerprint density at radius 3 is 2.50 bits per heavy atom. The number of carbonyl (C=O) groups is 1. The second kappa shape index (κ2) is 7.05. The van der Waals surface area contributed by atoms with E-state index in [4.69, 9.17) is 0 Å². The molecule has 0 bridgehead atoms. The van der Waals surface area contributed by atoms with Crippen molar-refractivity contribution >= 4 is 37.9 Å². The molecule has 2 rings (SSSR count). The lowest BCUT2D eigenvalue weighted by molar-refractivity contribution is -0.384. The Morgan fingerprint density at radius 1 is 1.33 bits per heavy atom. The number of carbonyl (C=O) groups excluding carboxylic acids is 1. The molecule has 0 radical (unpaired) electrons. The van der Waals surface area contributed by atoms with Crippen LogP contribution in [0.4, 0.5) is 10.8 Å². The smallest absolute Gasteiger partial charge is 0.269 e. The molecule has 0 unspecified atom stereocenters. The number of rotatable bonds is 6. The second-order valence-corrected chi connectivity index (χ2v) is 8.59. The van der Waals surface area contributed by atoms with Gasteiger partial charge in [0.2, 0.25) is 15.7 Å². The van der Waals surface area contributed by atoms with Crippen LogP contribution in [-0.2, 0) is 14.6 Å². The number of non-ortho nitro benzene ring substituents is 1. The first-order valence-electron chi connectivity index (χ1n) is 6.95. The maximum atomic E-state index is 12.5. The maximum absolute atomic E-state index is 12.5. The first-order chi connectivity index (χ1) is 11.2. The second-order valence-electron chi connectivity index (χ2n) is 5.39. The van der Waals surface area contributed by atoms with E-state index < -0.39 is 14.8 Å². The first-order valence-corrected chi connectivity index (χ1v) is 9.25. The monoisotopic (exact) mass is 369 g/mol. The Bertz CT molecular complexity index is 857. The molecule has 1 heterocycles. The molecule has 0 saturated heterocycles. The number of nitro groups is 1. The van der Waals surface area contributed by atoms with Gasteiger partial charge in [-0.1, -0.05) is 25.2 Å². The molecule has 1 N–H and O–H groups in total. The molecule has 128 valence electrons. The normalized spacial score (nSPS) is 11.5. The van der Waals surface area contributed by atoms with Gasteiger partial charge >= 0.3 is 0 Å². The van der Waals surface area contributed by atoms with Gasteiger partial charge in [0.1, 0.15) is 4.21 Å². The molecule has 0 aliphatic heterocycles. The van der Waals surface area contributed by atoms with E-state index in [0.29, 0.717) is 6.42 Å². The van der Waals surface area contributed by atoms with Crippen molar-refractivity contribution in [3.05, 3.63) is 40.6 Å². The van der Waals surface area contributed by atoms with Crippen molar-refractivity contribution in [2.45, 2.75) is 29.4 Å². The molecule has 0 saturated carbocycles. The van der Waals surface area contributed by atoms with E-state index in [1.54, 1.807) is 0 Å². The van der Waals surface area contributed by atoms with E-state index in [9.17, 15) is 23.3 Å². The third-order valence-corrected chi connectivity index (χ3v) is 6.09. The minimum absolute atomic E-state index is 0.0452. The molecular weight excluding hydrogens is 354 g/mol. The van der Waals surface area contributed by atoms with Gasteiger partial charge in [-0.3, -0.25) is 14.9 Å². The van der Waals surface area contributed by atoms with Crippen LogP contribution in [0, 0.1) is 16.0 Å². The fourth-order valence-electron chi connectivity index (χ4n) is 1.85. The van der Waals surface area contributed by atoms with Gasteiger partial charge in [-0.05, 0) is 18.1 Å². The molecule has 1 aromatic heterocycles.